The highest BCUT2D eigenvalue weighted by atomic mass is 32.1. The molecule has 0 radical (unpaired) electrons. The van der Waals surface area contributed by atoms with Crippen molar-refractivity contribution in [3.8, 4) is 0 Å². The first-order valence-corrected chi connectivity index (χ1v) is 15.9. The van der Waals surface area contributed by atoms with Gasteiger partial charge in [0.15, 0.2) is 0 Å². The normalized spacial score (nSPS) is 13.9. The van der Waals surface area contributed by atoms with Gasteiger partial charge in [0.05, 0.1) is 55.7 Å². The number of hydrogen-bond acceptors (Lipinski definition) is 8. The number of carbonyl (C=O) groups is 3. The Hall–Kier alpha value is -3.76. The van der Waals surface area contributed by atoms with Gasteiger partial charge in [-0.3, -0.25) is 19.4 Å². The van der Waals surface area contributed by atoms with Crippen LogP contribution in [0.5, 0.6) is 0 Å². The van der Waals surface area contributed by atoms with Crippen molar-refractivity contribution in [2.75, 3.05) is 50.8 Å². The molecule has 0 aliphatic rings. The van der Waals surface area contributed by atoms with Crippen LogP contribution in [0.3, 0.4) is 0 Å². The number of amides is 3. The Morgan fingerprint density at radius 1 is 0.915 bits per heavy atom. The topological polar surface area (TPSA) is 178 Å². The minimum Gasteiger partial charge on any atom is -0.343 e. The van der Waals surface area contributed by atoms with Gasteiger partial charge in [-0.05, 0) is 42.7 Å². The number of carbonyl (C=O) groups excluding carboxylic acids is 3. The third kappa shape index (κ3) is 11.5. The van der Waals surface area contributed by atoms with E-state index in [2.05, 4.69) is 33.6 Å². The summed E-state index contributed by atoms with van der Waals surface area (Å²) in [6.07, 6.45) is -2.48. The third-order valence-corrected chi connectivity index (χ3v) is 8.30. The average Bonchev–Trinajstić information content (AvgIpc) is 3.03. The molecule has 0 saturated carbocycles. The third-order valence-electron chi connectivity index (χ3n) is 7.91. The first-order chi connectivity index (χ1) is 22.3. The predicted octanol–water partition coefficient (Wildman–Crippen LogP) is 1.81. The monoisotopic (exact) mass is 677 g/mol. The largest absolute Gasteiger partial charge is 0.416 e. The molecule has 1 aromatic heterocycles. The molecule has 0 spiro atoms. The van der Waals surface area contributed by atoms with E-state index in [0.29, 0.717) is 60.4 Å². The second kappa shape index (κ2) is 17.4. The number of quaternary nitrogens is 1. The number of para-hydroxylation sites is 1. The Morgan fingerprint density at radius 3 is 2.17 bits per heavy atom. The zero-order valence-electron chi connectivity index (χ0n) is 26.3. The number of alkyl halides is 3. The van der Waals surface area contributed by atoms with Gasteiger partial charge < -0.3 is 37.6 Å². The predicted molar refractivity (Wildman–Crippen MR) is 179 cm³/mol. The van der Waals surface area contributed by atoms with E-state index in [9.17, 15) is 27.6 Å². The molecule has 0 aliphatic carbocycles. The van der Waals surface area contributed by atoms with Crippen LogP contribution in [0.2, 0.25) is 0 Å². The molecule has 15 heteroatoms. The van der Waals surface area contributed by atoms with Crippen LogP contribution >= 0.6 is 12.6 Å². The quantitative estimate of drug-likeness (QED) is 0.0842. The number of likely N-dealkylation sites (N-methyl/N-ethyl adjacent to an activating group) is 1. The molecular weight excluding hydrogens is 633 g/mol. The molecule has 1 heterocycles. The number of nitrogens with one attached hydrogen (secondary N) is 3. The molecule has 0 saturated heterocycles. The van der Waals surface area contributed by atoms with Crippen LogP contribution in [-0.4, -0.2) is 90.8 Å². The van der Waals surface area contributed by atoms with Crippen LogP contribution < -0.4 is 33.2 Å². The summed E-state index contributed by atoms with van der Waals surface area (Å²) in [6.45, 7) is 2.86. The smallest absolute Gasteiger partial charge is 0.343 e. The van der Waals surface area contributed by atoms with Crippen molar-refractivity contribution in [2.24, 2.45) is 17.2 Å². The lowest BCUT2D eigenvalue weighted by Gasteiger charge is -2.34. The number of anilines is 1. The fourth-order valence-corrected chi connectivity index (χ4v) is 5.35. The highest BCUT2D eigenvalue weighted by Gasteiger charge is 2.32. The van der Waals surface area contributed by atoms with Crippen molar-refractivity contribution in [2.45, 2.75) is 43.6 Å². The number of nitrogens with zero attached hydrogens (tertiary/aromatic N) is 2. The summed E-state index contributed by atoms with van der Waals surface area (Å²) in [4.78, 5) is 44.5. The molecule has 256 valence electrons. The van der Waals surface area contributed by atoms with Crippen LogP contribution in [0, 0.1) is 0 Å². The molecule has 0 fully saturated rings. The number of fused-ring (bicyclic) bond motifs is 1. The summed E-state index contributed by atoms with van der Waals surface area (Å²) in [5.74, 6) is -1.82. The van der Waals surface area contributed by atoms with Crippen LogP contribution in [0.1, 0.15) is 24.0 Å². The van der Waals surface area contributed by atoms with Gasteiger partial charge in [0.1, 0.15) is 12.1 Å². The maximum Gasteiger partial charge on any atom is 0.416 e. The summed E-state index contributed by atoms with van der Waals surface area (Å²) in [5.41, 5.74) is 18.1. The zero-order chi connectivity index (χ0) is 34.6. The molecule has 11 nitrogen and oxygen atoms in total. The molecule has 47 heavy (non-hydrogen) atoms. The van der Waals surface area contributed by atoms with Crippen molar-refractivity contribution < 1.29 is 32.0 Å². The van der Waals surface area contributed by atoms with Gasteiger partial charge in [0, 0.05) is 30.6 Å². The van der Waals surface area contributed by atoms with Gasteiger partial charge in [0.2, 0.25) is 17.7 Å². The summed E-state index contributed by atoms with van der Waals surface area (Å²) in [5, 5.41) is 8.91. The molecule has 0 aliphatic heterocycles. The lowest BCUT2D eigenvalue weighted by molar-refractivity contribution is -0.907. The Balaban J connectivity index is 1.86. The number of hydrogen-bond donors (Lipinski definition) is 7. The molecule has 3 atom stereocenters. The number of rotatable bonds is 17. The van der Waals surface area contributed by atoms with Gasteiger partial charge >= 0.3 is 6.18 Å². The summed E-state index contributed by atoms with van der Waals surface area (Å²) >= 11 is 4.08. The van der Waals surface area contributed by atoms with E-state index >= 15 is 0 Å². The summed E-state index contributed by atoms with van der Waals surface area (Å²) in [7, 11) is 2.01. The van der Waals surface area contributed by atoms with E-state index in [0.717, 1.165) is 17.5 Å². The fourth-order valence-electron chi connectivity index (χ4n) is 5.18. The van der Waals surface area contributed by atoms with Gasteiger partial charge in [-0.25, -0.2) is 0 Å². The Kier molecular flexibility index (Phi) is 14.0. The van der Waals surface area contributed by atoms with E-state index in [1.807, 2.05) is 31.3 Å². The van der Waals surface area contributed by atoms with Crippen molar-refractivity contribution >= 4 is 46.9 Å². The second-order valence-corrected chi connectivity index (χ2v) is 12.1. The molecule has 3 amide bonds. The van der Waals surface area contributed by atoms with Crippen LogP contribution in [0.4, 0.5) is 18.9 Å². The van der Waals surface area contributed by atoms with Crippen LogP contribution in [0.15, 0.2) is 60.8 Å². The second-order valence-electron chi connectivity index (χ2n) is 11.7. The average molecular weight is 678 g/mol. The maximum atomic E-state index is 13.7. The molecule has 9 N–H and O–H groups in total. The van der Waals surface area contributed by atoms with Gasteiger partial charge in [0.25, 0.3) is 0 Å². The lowest BCUT2D eigenvalue weighted by Crippen LogP contribution is -2.56. The Bertz CT molecular complexity index is 1490. The molecule has 0 unspecified atom stereocenters. The van der Waals surface area contributed by atoms with E-state index in [-0.39, 0.29) is 18.6 Å². The van der Waals surface area contributed by atoms with Gasteiger partial charge in [-0.1, -0.05) is 30.3 Å². The van der Waals surface area contributed by atoms with Crippen molar-refractivity contribution in [3.05, 3.63) is 71.9 Å². The van der Waals surface area contributed by atoms with Crippen molar-refractivity contribution in [1.29, 1.82) is 0 Å². The first-order valence-electron chi connectivity index (χ1n) is 15.3. The SMILES string of the molecule is C[N+](CCN)(CCN)CCC[C@H](NC(=O)[C@@H](N)CS)C(=O)N[C@H](Cc1ccc(C(F)(F)F)cc1)C(=O)Nc1cnc2ccccc2c1. The molecule has 0 bridgehead atoms. The molecule has 3 aromatic rings. The highest BCUT2D eigenvalue weighted by molar-refractivity contribution is 7.80. The Labute approximate surface area is 277 Å². The summed E-state index contributed by atoms with van der Waals surface area (Å²) in [6, 6.07) is 10.1. The van der Waals surface area contributed by atoms with Gasteiger partial charge in [-0.2, -0.15) is 25.8 Å². The van der Waals surface area contributed by atoms with E-state index < -0.39 is 47.6 Å². The van der Waals surface area contributed by atoms with E-state index in [1.54, 1.807) is 6.07 Å². The fraction of sp³-hybridized carbons (Fsp3) is 0.438. The van der Waals surface area contributed by atoms with E-state index in [4.69, 9.17) is 17.2 Å². The standard InChI is InChI=1S/C32H43F3N8O3S/c1-43(15-12-36,16-13-37)14-4-7-27(41-29(44)25(38)20-47)30(45)42-28(17-21-8-10-23(11-9-21)32(33,34)35)31(46)40-24-18-22-5-2-3-6-26(22)39-19-24/h2-3,5-6,8-11,18-19,25,27-28H,4,7,12-17,20,36-38H2,1H3,(H3-,40,41,42,44,45,46,47)/p+1/t25-,27-,28+/m0/s1. The number of halogens is 3. The van der Waals surface area contributed by atoms with E-state index in [1.165, 1.54) is 18.3 Å². The number of pyridine rings is 1. The first kappa shape index (κ1) is 37.7. The van der Waals surface area contributed by atoms with Gasteiger partial charge in [-0.15, -0.1) is 0 Å². The zero-order valence-corrected chi connectivity index (χ0v) is 27.2. The number of thiol groups is 1. The minimum absolute atomic E-state index is 0.0425. The number of nitrogens with two attached hydrogens (primary N) is 3. The molecule has 2 aromatic carbocycles. The van der Waals surface area contributed by atoms with Crippen molar-refractivity contribution in [3.63, 3.8) is 0 Å². The van der Waals surface area contributed by atoms with Crippen LogP contribution in [0.25, 0.3) is 10.9 Å². The maximum absolute atomic E-state index is 13.7. The van der Waals surface area contributed by atoms with Crippen LogP contribution in [-0.2, 0) is 27.0 Å². The number of aromatic nitrogens is 1. The lowest BCUT2D eigenvalue weighted by atomic mass is 10.0. The molecule has 3 rings (SSSR count). The highest BCUT2D eigenvalue weighted by Crippen LogP contribution is 2.29. The van der Waals surface area contributed by atoms with Crippen molar-refractivity contribution in [1.82, 2.24) is 15.6 Å². The Morgan fingerprint density at radius 2 is 1.55 bits per heavy atom. The summed E-state index contributed by atoms with van der Waals surface area (Å²) < 4.78 is 40.1. The number of benzene rings is 2. The molecular formula is C32H44F3N8O3S+. The minimum atomic E-state index is -4.53.